The predicted molar refractivity (Wildman–Crippen MR) is 202 cm³/mol. The van der Waals surface area contributed by atoms with Crippen molar-refractivity contribution in [1.29, 1.82) is 0 Å². The van der Waals surface area contributed by atoms with Crippen molar-refractivity contribution in [3.8, 4) is 11.5 Å². The second kappa shape index (κ2) is 15.2. The molecular formula is C45H52N2O4. The number of ether oxygens (including phenoxy) is 3. The Labute approximate surface area is 303 Å². The van der Waals surface area contributed by atoms with Crippen LogP contribution in [0.5, 0.6) is 11.5 Å². The van der Waals surface area contributed by atoms with Crippen LogP contribution in [0.25, 0.3) is 0 Å². The van der Waals surface area contributed by atoms with E-state index in [1.165, 1.54) is 47.9 Å². The van der Waals surface area contributed by atoms with Crippen LogP contribution in [0, 0.1) is 17.3 Å². The van der Waals surface area contributed by atoms with Crippen molar-refractivity contribution in [2.75, 3.05) is 25.0 Å². The zero-order chi connectivity index (χ0) is 34.6. The van der Waals surface area contributed by atoms with Crippen LogP contribution < -0.4 is 14.8 Å². The van der Waals surface area contributed by atoms with Gasteiger partial charge in [0.25, 0.3) is 0 Å². The first-order valence-electron chi connectivity index (χ1n) is 19.3. The fraction of sp³-hybridized carbons (Fsp3) is 0.444. The molecule has 266 valence electrons. The lowest BCUT2D eigenvalue weighted by molar-refractivity contribution is -0.117. The molecule has 1 aliphatic heterocycles. The molecule has 1 N–H and O–H groups in total. The summed E-state index contributed by atoms with van der Waals surface area (Å²) in [5, 5.41) is 3.11. The summed E-state index contributed by atoms with van der Waals surface area (Å²) in [5.41, 5.74) is 6.05. The van der Waals surface area contributed by atoms with Crippen LogP contribution in [0.4, 0.5) is 5.69 Å². The highest BCUT2D eigenvalue weighted by molar-refractivity contribution is 5.92. The van der Waals surface area contributed by atoms with Crippen molar-refractivity contribution < 1.29 is 19.0 Å². The van der Waals surface area contributed by atoms with Gasteiger partial charge in [-0.25, -0.2) is 0 Å². The maximum absolute atomic E-state index is 12.8. The van der Waals surface area contributed by atoms with E-state index in [4.69, 9.17) is 14.2 Å². The lowest BCUT2D eigenvalue weighted by Gasteiger charge is -2.53. The van der Waals surface area contributed by atoms with Crippen molar-refractivity contribution in [1.82, 2.24) is 4.90 Å². The summed E-state index contributed by atoms with van der Waals surface area (Å²) in [6.45, 7) is 6.16. The smallest absolute Gasteiger partial charge is 0.238 e. The van der Waals surface area contributed by atoms with E-state index < -0.39 is 0 Å². The normalized spacial score (nSPS) is 27.1. The number of carbonyl (C=O) groups is 1. The number of nitrogens with one attached hydrogen (secondary N) is 1. The molecule has 2 saturated carbocycles. The minimum absolute atomic E-state index is 0.00635. The first kappa shape index (κ1) is 34.0. The van der Waals surface area contributed by atoms with Gasteiger partial charge in [-0.2, -0.15) is 0 Å². The first-order valence-corrected chi connectivity index (χ1v) is 19.3. The lowest BCUT2D eigenvalue weighted by Crippen LogP contribution is -2.52. The predicted octanol–water partition coefficient (Wildman–Crippen LogP) is 9.19. The van der Waals surface area contributed by atoms with E-state index in [9.17, 15) is 4.79 Å². The highest BCUT2D eigenvalue weighted by Crippen LogP contribution is 2.62. The number of fused-ring (bicyclic) bond motifs is 5. The number of nitrogens with zero attached hydrogens (tertiary/aromatic N) is 1. The van der Waals surface area contributed by atoms with E-state index in [1.54, 1.807) is 0 Å². The monoisotopic (exact) mass is 684 g/mol. The zero-order valence-electron chi connectivity index (χ0n) is 30.0. The number of amides is 1. The Hall–Kier alpha value is -4.13. The molecule has 6 nitrogen and oxygen atoms in total. The van der Waals surface area contributed by atoms with Gasteiger partial charge in [0, 0.05) is 17.0 Å². The molecule has 51 heavy (non-hydrogen) atoms. The summed E-state index contributed by atoms with van der Waals surface area (Å²) in [4.78, 5) is 15.1. The second-order valence-electron chi connectivity index (χ2n) is 15.6. The average Bonchev–Trinajstić information content (AvgIpc) is 3.50. The Bertz CT molecular complexity index is 1760. The van der Waals surface area contributed by atoms with Gasteiger partial charge < -0.3 is 19.5 Å². The Morgan fingerprint density at radius 3 is 2.25 bits per heavy atom. The summed E-state index contributed by atoms with van der Waals surface area (Å²) in [7, 11) is 0. The van der Waals surface area contributed by atoms with Crippen LogP contribution in [0.2, 0.25) is 0 Å². The third kappa shape index (κ3) is 7.59. The topological polar surface area (TPSA) is 60.0 Å². The zero-order valence-corrected chi connectivity index (χ0v) is 30.0. The van der Waals surface area contributed by atoms with Gasteiger partial charge in [-0.1, -0.05) is 80.1 Å². The van der Waals surface area contributed by atoms with Crippen molar-refractivity contribution in [2.24, 2.45) is 17.3 Å². The fourth-order valence-electron chi connectivity index (χ4n) is 9.86. The summed E-state index contributed by atoms with van der Waals surface area (Å²) >= 11 is 0. The van der Waals surface area contributed by atoms with Crippen LogP contribution in [-0.4, -0.2) is 42.6 Å². The van der Waals surface area contributed by atoms with Crippen molar-refractivity contribution in [3.05, 3.63) is 125 Å². The molecule has 4 aromatic rings. The van der Waals surface area contributed by atoms with E-state index in [1.807, 2.05) is 30.3 Å². The van der Waals surface area contributed by atoms with Crippen LogP contribution in [0.1, 0.15) is 80.0 Å². The van der Waals surface area contributed by atoms with E-state index in [2.05, 4.69) is 89.9 Å². The van der Waals surface area contributed by atoms with E-state index in [0.717, 1.165) is 56.0 Å². The summed E-state index contributed by atoms with van der Waals surface area (Å²) in [5.74, 6) is 3.24. The number of piperidine rings is 1. The molecule has 1 amide bonds. The molecule has 0 bridgehead atoms. The second-order valence-corrected chi connectivity index (χ2v) is 15.6. The minimum atomic E-state index is 0.00635. The van der Waals surface area contributed by atoms with E-state index in [-0.39, 0.29) is 23.5 Å². The summed E-state index contributed by atoms with van der Waals surface area (Å²) < 4.78 is 20.1. The Kier molecular flexibility index (Phi) is 10.1. The molecule has 3 fully saturated rings. The SMILES string of the molecule is C[C@]12C[C@H](Oc3ccc(NC(=O)CN4CCCCC4)cc3)[C@@H]3c4ccc(OCc5ccccc5)cc4CC[C@H]3[C@@H]1CC[C@@H]2OCc1ccccc1. The molecule has 4 aliphatic rings. The van der Waals surface area contributed by atoms with Gasteiger partial charge in [0.1, 0.15) is 24.2 Å². The highest BCUT2D eigenvalue weighted by Gasteiger charge is 2.59. The van der Waals surface area contributed by atoms with Crippen molar-refractivity contribution in [3.63, 3.8) is 0 Å². The van der Waals surface area contributed by atoms with Gasteiger partial charge in [0.05, 0.1) is 19.3 Å². The number of carbonyl (C=O) groups excluding carboxylic acids is 1. The first-order chi connectivity index (χ1) is 25.0. The number of anilines is 1. The van der Waals surface area contributed by atoms with Gasteiger partial charge in [-0.15, -0.1) is 0 Å². The molecule has 3 aliphatic carbocycles. The van der Waals surface area contributed by atoms with E-state index in [0.29, 0.717) is 37.5 Å². The van der Waals surface area contributed by atoms with Crippen molar-refractivity contribution >= 4 is 11.6 Å². The molecule has 1 heterocycles. The van der Waals surface area contributed by atoms with Crippen LogP contribution in [0.15, 0.2) is 103 Å². The molecule has 0 unspecified atom stereocenters. The molecule has 0 spiro atoms. The summed E-state index contributed by atoms with van der Waals surface area (Å²) in [6, 6.07) is 35.7. The highest BCUT2D eigenvalue weighted by atomic mass is 16.5. The average molecular weight is 685 g/mol. The largest absolute Gasteiger partial charge is 0.490 e. The quantitative estimate of drug-likeness (QED) is 0.171. The molecular weight excluding hydrogens is 633 g/mol. The molecule has 4 aromatic carbocycles. The fourth-order valence-corrected chi connectivity index (χ4v) is 9.86. The Balaban J connectivity index is 1.02. The number of benzene rings is 4. The molecule has 6 heteroatoms. The third-order valence-electron chi connectivity index (χ3n) is 12.3. The molecule has 8 rings (SSSR count). The van der Waals surface area contributed by atoms with Crippen LogP contribution in [-0.2, 0) is 29.2 Å². The maximum Gasteiger partial charge on any atom is 0.238 e. The number of likely N-dealkylation sites (tertiary alicyclic amines) is 1. The minimum Gasteiger partial charge on any atom is -0.490 e. The van der Waals surface area contributed by atoms with E-state index >= 15 is 0 Å². The summed E-state index contributed by atoms with van der Waals surface area (Å²) in [6.07, 6.45) is 9.25. The third-order valence-corrected chi connectivity index (χ3v) is 12.3. The Morgan fingerprint density at radius 2 is 1.51 bits per heavy atom. The van der Waals surface area contributed by atoms with Gasteiger partial charge in [0.2, 0.25) is 5.91 Å². The molecule has 6 atom stereocenters. The van der Waals surface area contributed by atoms with Crippen molar-refractivity contribution in [2.45, 2.75) is 89.6 Å². The van der Waals surface area contributed by atoms with Gasteiger partial charge in [0.15, 0.2) is 0 Å². The van der Waals surface area contributed by atoms with Crippen LogP contribution in [0.3, 0.4) is 0 Å². The number of aryl methyl sites for hydroxylation is 1. The van der Waals surface area contributed by atoms with Crippen LogP contribution >= 0.6 is 0 Å². The molecule has 1 saturated heterocycles. The maximum atomic E-state index is 12.8. The van der Waals surface area contributed by atoms with Gasteiger partial charge >= 0.3 is 0 Å². The van der Waals surface area contributed by atoms with Gasteiger partial charge in [-0.3, -0.25) is 9.69 Å². The lowest BCUT2D eigenvalue weighted by atomic mass is 9.54. The standard InChI is InChI=1S/C45H52N2O4/c1-45-28-41(51-36-18-16-35(17-19-36)46-43(48)29-47-25-9-4-10-26-47)44-38-22-20-37(49-30-32-11-5-2-6-12-32)27-34(38)15-21-39(44)40(45)23-24-42(45)50-31-33-13-7-3-8-14-33/h2-3,5-8,11-14,16-20,22,27,39-42,44H,4,9-10,15,21,23-26,28-31H2,1H3,(H,46,48)/t39-,40-,41-,42-,44+,45-/m0/s1. The molecule has 0 radical (unpaired) electrons. The number of hydrogen-bond acceptors (Lipinski definition) is 5. The van der Waals surface area contributed by atoms with Gasteiger partial charge in [-0.05, 0) is 129 Å². The number of rotatable bonds is 11. The molecule has 0 aromatic heterocycles. The number of hydrogen-bond donors (Lipinski definition) is 1. The Morgan fingerprint density at radius 1 is 0.804 bits per heavy atom.